The fourth-order valence-electron chi connectivity index (χ4n) is 4.66. The normalized spacial score (nSPS) is 13.0. The number of rotatable bonds is 12. The van der Waals surface area contributed by atoms with E-state index in [1.54, 1.807) is 0 Å². The fourth-order valence-corrected chi connectivity index (χ4v) is 4.66. The molecule has 0 saturated carbocycles. The Hall–Kier alpha value is -2.77. The second-order valence-electron chi connectivity index (χ2n) is 10.3. The monoisotopic (exact) mass is 603 g/mol. The average molecular weight is 604 g/mol. The summed E-state index contributed by atoms with van der Waals surface area (Å²) >= 11 is 0. The Morgan fingerprint density at radius 1 is 1.05 bits per heavy atom. The maximum atomic E-state index is 13.7. The van der Waals surface area contributed by atoms with Crippen LogP contribution in [0.2, 0.25) is 0 Å². The van der Waals surface area contributed by atoms with E-state index in [2.05, 4.69) is 5.10 Å². The number of aliphatic hydroxyl groups is 2. The Morgan fingerprint density at radius 2 is 1.69 bits per heavy atom. The summed E-state index contributed by atoms with van der Waals surface area (Å²) in [5.74, 6) is -2.45. The van der Waals surface area contributed by atoms with Gasteiger partial charge in [-0.05, 0) is 67.1 Å². The number of aliphatic carboxylic acids is 1. The number of aliphatic hydroxyl groups excluding tert-OH is 2. The minimum absolute atomic E-state index is 0. The van der Waals surface area contributed by atoms with Gasteiger partial charge in [0.2, 0.25) is 0 Å². The molecule has 2 aromatic carbocycles. The topological polar surface area (TPSA) is 116 Å². The van der Waals surface area contributed by atoms with Gasteiger partial charge in [-0.25, -0.2) is 9.07 Å². The van der Waals surface area contributed by atoms with Crippen molar-refractivity contribution < 1.29 is 42.5 Å². The van der Waals surface area contributed by atoms with Gasteiger partial charge in [0.15, 0.2) is 5.69 Å². The van der Waals surface area contributed by atoms with Gasteiger partial charge in [-0.1, -0.05) is 26.0 Å². The molecule has 8 nitrogen and oxygen atoms in total. The van der Waals surface area contributed by atoms with Crippen molar-refractivity contribution >= 4 is 41.4 Å². The summed E-state index contributed by atoms with van der Waals surface area (Å²) in [5.41, 5.74) is 1.07. The standard InChI is InChI=1S/C29H33F4N3O5.Na.H/c1-17(2)26-24(12-11-22(37)14-23(38)15-25(39)40)36(21-9-7-20(30)8-10-21)34-27(26)28(41)35(3)16-18-5-4-6-19(13-18)29(31,32)33;;/h4-10,13,17,22-23,37-38H,11-12,14-16H2,1-3H3,(H,39,40);;/t22-,23-;;/m1../s1. The zero-order valence-corrected chi connectivity index (χ0v) is 22.9. The zero-order chi connectivity index (χ0) is 30.5. The van der Waals surface area contributed by atoms with Gasteiger partial charge in [-0.3, -0.25) is 9.59 Å². The third kappa shape index (κ3) is 9.37. The van der Waals surface area contributed by atoms with Gasteiger partial charge in [0.25, 0.3) is 5.91 Å². The number of hydrogen-bond donors (Lipinski definition) is 3. The number of halogens is 4. The number of carboxylic acid groups (broad SMARTS) is 1. The second kappa shape index (κ2) is 15.1. The Morgan fingerprint density at radius 3 is 2.26 bits per heavy atom. The quantitative estimate of drug-likeness (QED) is 0.210. The van der Waals surface area contributed by atoms with E-state index in [0.717, 1.165) is 12.1 Å². The summed E-state index contributed by atoms with van der Waals surface area (Å²) in [6.07, 6.45) is -7.21. The van der Waals surface area contributed by atoms with Crippen LogP contribution in [0.5, 0.6) is 0 Å². The summed E-state index contributed by atoms with van der Waals surface area (Å²) in [6, 6.07) is 10.1. The predicted octanol–water partition coefficient (Wildman–Crippen LogP) is 4.30. The molecule has 2 atom stereocenters. The third-order valence-electron chi connectivity index (χ3n) is 6.56. The van der Waals surface area contributed by atoms with Gasteiger partial charge in [0.1, 0.15) is 5.82 Å². The van der Waals surface area contributed by atoms with Crippen LogP contribution in [0, 0.1) is 5.82 Å². The van der Waals surface area contributed by atoms with Gasteiger partial charge in [0, 0.05) is 24.8 Å². The van der Waals surface area contributed by atoms with Crippen LogP contribution in [-0.4, -0.2) is 90.7 Å². The summed E-state index contributed by atoms with van der Waals surface area (Å²) in [5, 5.41) is 33.8. The molecule has 1 heterocycles. The van der Waals surface area contributed by atoms with Gasteiger partial charge in [-0.15, -0.1) is 0 Å². The average Bonchev–Trinajstić information content (AvgIpc) is 3.26. The minimum atomic E-state index is -4.53. The molecule has 224 valence electrons. The summed E-state index contributed by atoms with van der Waals surface area (Å²) < 4.78 is 54.7. The van der Waals surface area contributed by atoms with Gasteiger partial charge >= 0.3 is 41.7 Å². The molecule has 3 rings (SSSR count). The van der Waals surface area contributed by atoms with Crippen molar-refractivity contribution in [3.05, 3.63) is 82.4 Å². The molecule has 0 spiro atoms. The molecule has 0 aliphatic heterocycles. The molecule has 1 aromatic heterocycles. The van der Waals surface area contributed by atoms with Crippen molar-refractivity contribution in [2.75, 3.05) is 7.05 Å². The van der Waals surface area contributed by atoms with E-state index in [9.17, 15) is 37.4 Å². The first-order valence-corrected chi connectivity index (χ1v) is 13.0. The number of carbonyl (C=O) groups excluding carboxylic acids is 1. The van der Waals surface area contributed by atoms with Gasteiger partial charge in [0.05, 0.1) is 29.9 Å². The molecule has 0 fully saturated rings. The maximum absolute atomic E-state index is 13.7. The molecule has 13 heteroatoms. The number of hydrogen-bond acceptors (Lipinski definition) is 5. The molecule has 1 amide bonds. The van der Waals surface area contributed by atoms with Crippen LogP contribution < -0.4 is 0 Å². The van der Waals surface area contributed by atoms with Crippen molar-refractivity contribution in [2.45, 2.75) is 70.4 Å². The van der Waals surface area contributed by atoms with Crippen molar-refractivity contribution in [3.8, 4) is 5.69 Å². The van der Waals surface area contributed by atoms with E-state index in [1.807, 2.05) is 13.8 Å². The number of alkyl halides is 3. The van der Waals surface area contributed by atoms with Crippen molar-refractivity contribution in [3.63, 3.8) is 0 Å². The second-order valence-corrected chi connectivity index (χ2v) is 10.3. The Balaban J connectivity index is 0.00000616. The first kappa shape index (κ1) is 35.4. The first-order valence-electron chi connectivity index (χ1n) is 13.0. The van der Waals surface area contributed by atoms with Crippen LogP contribution in [0.1, 0.15) is 71.9 Å². The third-order valence-corrected chi connectivity index (χ3v) is 6.56. The van der Waals surface area contributed by atoms with E-state index in [4.69, 9.17) is 5.11 Å². The van der Waals surface area contributed by atoms with E-state index < -0.39 is 48.1 Å². The summed E-state index contributed by atoms with van der Waals surface area (Å²) in [7, 11) is 1.46. The Kier molecular flexibility index (Phi) is 12.7. The van der Waals surface area contributed by atoms with E-state index in [1.165, 1.54) is 53.0 Å². The molecule has 0 bridgehead atoms. The predicted molar refractivity (Wildman–Crippen MR) is 149 cm³/mol. The summed E-state index contributed by atoms with van der Waals surface area (Å²) in [4.78, 5) is 25.7. The van der Waals surface area contributed by atoms with Crippen LogP contribution in [0.25, 0.3) is 5.69 Å². The molecule has 3 aromatic rings. The van der Waals surface area contributed by atoms with Gasteiger partial charge < -0.3 is 20.2 Å². The van der Waals surface area contributed by atoms with Crippen LogP contribution in [-0.2, 0) is 23.9 Å². The molecule has 0 aliphatic carbocycles. The number of carbonyl (C=O) groups is 2. The number of carboxylic acids is 1. The fraction of sp³-hybridized carbons (Fsp3) is 0.414. The van der Waals surface area contributed by atoms with Crippen LogP contribution >= 0.6 is 0 Å². The van der Waals surface area contributed by atoms with Crippen molar-refractivity contribution in [1.29, 1.82) is 0 Å². The molecule has 0 aliphatic rings. The number of aromatic nitrogens is 2. The molecule has 0 radical (unpaired) electrons. The Bertz CT molecular complexity index is 1360. The number of nitrogens with zero attached hydrogens (tertiary/aromatic N) is 3. The van der Waals surface area contributed by atoms with Crippen LogP contribution in [0.3, 0.4) is 0 Å². The Labute approximate surface area is 263 Å². The summed E-state index contributed by atoms with van der Waals surface area (Å²) in [6.45, 7) is 3.57. The number of benzene rings is 2. The van der Waals surface area contributed by atoms with E-state index in [0.29, 0.717) is 16.9 Å². The number of amides is 1. The van der Waals surface area contributed by atoms with E-state index in [-0.39, 0.29) is 72.5 Å². The molecular weight excluding hydrogens is 569 g/mol. The SMILES string of the molecule is CC(C)c1c(C(=O)N(C)Cc2cccc(C(F)(F)F)c2)nn(-c2ccc(F)cc2)c1CC[C@@H](O)C[C@@H](O)CC(=O)O.[NaH]. The molecule has 3 N–H and O–H groups in total. The van der Waals surface area contributed by atoms with Crippen LogP contribution in [0.15, 0.2) is 48.5 Å². The molecular formula is C29H34F4N3NaO5. The van der Waals surface area contributed by atoms with E-state index >= 15 is 0 Å². The molecule has 0 saturated heterocycles. The first-order chi connectivity index (χ1) is 19.2. The van der Waals surface area contributed by atoms with Crippen molar-refractivity contribution in [2.24, 2.45) is 0 Å². The van der Waals surface area contributed by atoms with Crippen molar-refractivity contribution in [1.82, 2.24) is 14.7 Å². The zero-order valence-electron chi connectivity index (χ0n) is 22.9. The molecule has 0 unspecified atom stereocenters. The molecule has 42 heavy (non-hydrogen) atoms. The van der Waals surface area contributed by atoms with Crippen LogP contribution in [0.4, 0.5) is 17.6 Å². The van der Waals surface area contributed by atoms with Gasteiger partial charge in [-0.2, -0.15) is 18.3 Å².